The van der Waals surface area contributed by atoms with Crippen molar-refractivity contribution < 1.29 is 4.84 Å². The molecule has 14 heavy (non-hydrogen) atoms. The zero-order chi connectivity index (χ0) is 11.2. The number of hydrogen-bond donors (Lipinski definition) is 0. The molecule has 0 aromatic heterocycles. The van der Waals surface area contributed by atoms with E-state index in [0.29, 0.717) is 0 Å². The van der Waals surface area contributed by atoms with Crippen LogP contribution in [0, 0.1) is 4.91 Å². The fourth-order valence-corrected chi connectivity index (χ4v) is 0.985. The van der Waals surface area contributed by atoms with Crippen LogP contribution in [-0.2, 0) is 4.84 Å². The van der Waals surface area contributed by atoms with Gasteiger partial charge in [-0.15, -0.1) is 11.5 Å². The highest BCUT2D eigenvalue weighted by Crippen LogP contribution is 2.07. The maximum absolute atomic E-state index is 9.63. The number of allylic oxidation sites excluding steroid dienone is 1. The van der Waals surface area contributed by atoms with Gasteiger partial charge in [-0.05, 0) is 26.7 Å². The number of nitrogens with zero attached hydrogens (tertiary/aromatic N) is 1. The van der Waals surface area contributed by atoms with Crippen LogP contribution in [0.3, 0.4) is 0 Å². The van der Waals surface area contributed by atoms with Crippen LogP contribution in [0.15, 0.2) is 18.0 Å². The van der Waals surface area contributed by atoms with E-state index in [1.54, 1.807) is 6.08 Å². The summed E-state index contributed by atoms with van der Waals surface area (Å²) >= 11 is 0. The van der Waals surface area contributed by atoms with Crippen molar-refractivity contribution in [3.8, 4) is 0 Å². The van der Waals surface area contributed by atoms with Crippen molar-refractivity contribution in [3.05, 3.63) is 17.6 Å². The first kappa shape index (κ1) is 15.6. The van der Waals surface area contributed by atoms with Gasteiger partial charge in [0.1, 0.15) is 6.10 Å². The Kier molecular flexibility index (Phi) is 16.3. The first-order chi connectivity index (χ1) is 6.72. The van der Waals surface area contributed by atoms with Crippen molar-refractivity contribution in [2.24, 2.45) is 5.34 Å². The normalized spacial score (nSPS) is 10.8. The monoisotopic (exact) mass is 201 g/mol. The van der Waals surface area contributed by atoms with Gasteiger partial charge in [0, 0.05) is 0 Å². The van der Waals surface area contributed by atoms with Crippen LogP contribution in [0.2, 0.25) is 0 Å². The molecule has 84 valence electrons. The summed E-state index contributed by atoms with van der Waals surface area (Å²) in [5, 5.41) is 2.38. The summed E-state index contributed by atoms with van der Waals surface area (Å²) in [4.78, 5) is 14.1. The molecule has 0 aliphatic heterocycles. The summed E-state index contributed by atoms with van der Waals surface area (Å²) in [5.41, 5.74) is 0. The average Bonchev–Trinajstić information content (AvgIpc) is 2.14. The summed E-state index contributed by atoms with van der Waals surface area (Å²) in [5.74, 6) is 0. The van der Waals surface area contributed by atoms with Crippen LogP contribution in [0.1, 0.15) is 52.9 Å². The highest BCUT2D eigenvalue weighted by Gasteiger charge is 2.00. The van der Waals surface area contributed by atoms with E-state index in [2.05, 4.69) is 23.7 Å². The van der Waals surface area contributed by atoms with Crippen molar-refractivity contribution in [2.75, 3.05) is 0 Å². The molecule has 0 aliphatic rings. The van der Waals surface area contributed by atoms with Crippen molar-refractivity contribution >= 4 is 0 Å². The number of hydrogen-bond acceptors (Lipinski definition) is 3. The van der Waals surface area contributed by atoms with Crippen molar-refractivity contribution in [3.63, 3.8) is 0 Å². The second-order valence-electron chi connectivity index (χ2n) is 3.25. The van der Waals surface area contributed by atoms with Crippen LogP contribution < -0.4 is 0 Å². The van der Waals surface area contributed by atoms with Gasteiger partial charge in [0.25, 0.3) is 0 Å². The Morgan fingerprint density at radius 3 is 2.43 bits per heavy atom. The molecule has 0 saturated heterocycles. The fourth-order valence-electron chi connectivity index (χ4n) is 0.985. The predicted octanol–water partition coefficient (Wildman–Crippen LogP) is 4.24. The first-order valence-electron chi connectivity index (χ1n) is 5.28. The van der Waals surface area contributed by atoms with E-state index in [1.807, 2.05) is 13.8 Å². The third-order valence-corrected chi connectivity index (χ3v) is 1.69. The predicted molar refractivity (Wildman–Crippen MR) is 61.0 cm³/mol. The maximum atomic E-state index is 9.63. The average molecular weight is 201 g/mol. The van der Waals surface area contributed by atoms with E-state index in [0.717, 1.165) is 12.8 Å². The SMILES string of the molecule is C=CC.CCCCCCC(C)ON=O. The van der Waals surface area contributed by atoms with Gasteiger partial charge in [-0.2, -0.15) is 0 Å². The van der Waals surface area contributed by atoms with Crippen molar-refractivity contribution in [1.29, 1.82) is 0 Å². The van der Waals surface area contributed by atoms with Crippen molar-refractivity contribution in [2.45, 2.75) is 59.0 Å². The molecule has 0 radical (unpaired) electrons. The molecule has 0 spiro atoms. The number of rotatable bonds is 7. The summed E-state index contributed by atoms with van der Waals surface area (Å²) in [7, 11) is 0. The third kappa shape index (κ3) is 17.3. The summed E-state index contributed by atoms with van der Waals surface area (Å²) in [6, 6.07) is 0. The molecule has 0 aromatic rings. The zero-order valence-corrected chi connectivity index (χ0v) is 9.66. The Morgan fingerprint density at radius 1 is 1.43 bits per heavy atom. The van der Waals surface area contributed by atoms with E-state index < -0.39 is 0 Å². The molecule has 0 heterocycles. The second-order valence-corrected chi connectivity index (χ2v) is 3.25. The van der Waals surface area contributed by atoms with Crippen LogP contribution in [-0.4, -0.2) is 6.10 Å². The zero-order valence-electron chi connectivity index (χ0n) is 9.66. The molecule has 3 heteroatoms. The molecule has 1 atom stereocenters. The van der Waals surface area contributed by atoms with Gasteiger partial charge in [-0.3, -0.25) is 0 Å². The van der Waals surface area contributed by atoms with Gasteiger partial charge in [0.2, 0.25) is 0 Å². The lowest BCUT2D eigenvalue weighted by atomic mass is 10.1. The highest BCUT2D eigenvalue weighted by molar-refractivity contribution is 4.51. The topological polar surface area (TPSA) is 38.7 Å². The lowest BCUT2D eigenvalue weighted by Crippen LogP contribution is -2.02. The van der Waals surface area contributed by atoms with E-state index in [4.69, 9.17) is 0 Å². The summed E-state index contributed by atoms with van der Waals surface area (Å²) < 4.78 is 0. The molecular formula is C11H23NO2. The Labute approximate surface area is 87.5 Å². The molecule has 0 rings (SSSR count). The molecule has 0 aliphatic carbocycles. The number of unbranched alkanes of at least 4 members (excludes halogenated alkanes) is 3. The highest BCUT2D eigenvalue weighted by atomic mass is 16.7. The van der Waals surface area contributed by atoms with E-state index >= 15 is 0 Å². The smallest absolute Gasteiger partial charge is 0.155 e. The van der Waals surface area contributed by atoms with Crippen LogP contribution in [0.4, 0.5) is 0 Å². The van der Waals surface area contributed by atoms with Gasteiger partial charge >= 0.3 is 0 Å². The van der Waals surface area contributed by atoms with Gasteiger partial charge in [-0.1, -0.05) is 32.3 Å². The molecule has 0 bridgehead atoms. The molecule has 0 saturated carbocycles. The largest absolute Gasteiger partial charge is 0.361 e. The second kappa shape index (κ2) is 14.7. The minimum absolute atomic E-state index is 0.00986. The van der Waals surface area contributed by atoms with E-state index in [-0.39, 0.29) is 6.10 Å². The van der Waals surface area contributed by atoms with Gasteiger partial charge in [0.05, 0.1) is 0 Å². The Balaban J connectivity index is 0. The first-order valence-corrected chi connectivity index (χ1v) is 5.28. The molecule has 1 unspecified atom stereocenters. The minimum Gasteiger partial charge on any atom is -0.361 e. The van der Waals surface area contributed by atoms with Crippen LogP contribution in [0.25, 0.3) is 0 Å². The molecule has 3 nitrogen and oxygen atoms in total. The fraction of sp³-hybridized carbons (Fsp3) is 0.818. The van der Waals surface area contributed by atoms with Gasteiger partial charge in [0.15, 0.2) is 5.34 Å². The van der Waals surface area contributed by atoms with Crippen molar-refractivity contribution in [1.82, 2.24) is 0 Å². The molecule has 0 N–H and O–H groups in total. The Hall–Kier alpha value is -0.860. The lowest BCUT2D eigenvalue weighted by Gasteiger charge is -2.05. The third-order valence-electron chi connectivity index (χ3n) is 1.69. The molecule has 0 aromatic carbocycles. The summed E-state index contributed by atoms with van der Waals surface area (Å²) in [6.45, 7) is 9.29. The molecular weight excluding hydrogens is 178 g/mol. The Bertz CT molecular complexity index is 126. The Morgan fingerprint density at radius 2 is 2.00 bits per heavy atom. The standard InChI is InChI=1S/C8H17NO2.C3H6/c1-3-4-5-6-7-8(2)11-9-10;1-3-2/h8H,3-7H2,1-2H3;3H,1H2,2H3. The van der Waals surface area contributed by atoms with Crippen LogP contribution in [0.5, 0.6) is 0 Å². The molecule has 0 fully saturated rings. The van der Waals surface area contributed by atoms with E-state index in [1.165, 1.54) is 19.3 Å². The van der Waals surface area contributed by atoms with Gasteiger partial charge < -0.3 is 4.84 Å². The molecule has 0 amide bonds. The lowest BCUT2D eigenvalue weighted by molar-refractivity contribution is 0.0607. The van der Waals surface area contributed by atoms with Crippen LogP contribution >= 0.6 is 0 Å². The minimum atomic E-state index is -0.00986. The quantitative estimate of drug-likeness (QED) is 0.267. The van der Waals surface area contributed by atoms with E-state index in [9.17, 15) is 4.91 Å². The van der Waals surface area contributed by atoms with Gasteiger partial charge in [-0.25, -0.2) is 0 Å². The summed E-state index contributed by atoms with van der Waals surface area (Å²) in [6.07, 6.45) is 7.53. The maximum Gasteiger partial charge on any atom is 0.155 e.